The summed E-state index contributed by atoms with van der Waals surface area (Å²) in [6.07, 6.45) is 1.39. The van der Waals surface area contributed by atoms with Crippen LogP contribution < -0.4 is 10.6 Å². The Hall–Kier alpha value is -1.26. The molecule has 0 saturated carbocycles. The van der Waals surface area contributed by atoms with Crippen LogP contribution in [-0.4, -0.2) is 28.7 Å². The molecule has 0 aromatic heterocycles. The van der Waals surface area contributed by atoms with Gasteiger partial charge in [-0.2, -0.15) is 0 Å². The molecule has 94 valence electrons. The number of rotatable bonds is 5. The molecule has 0 spiro atoms. The second-order valence-corrected chi connectivity index (χ2v) is 5.04. The van der Waals surface area contributed by atoms with Crippen molar-refractivity contribution >= 4 is 12.0 Å². The van der Waals surface area contributed by atoms with Crippen LogP contribution in [0.1, 0.15) is 47.0 Å². The predicted octanol–water partition coefficient (Wildman–Crippen LogP) is 1.73. The molecule has 5 nitrogen and oxygen atoms in total. The summed E-state index contributed by atoms with van der Waals surface area (Å²) in [5.74, 6) is -0.800. The van der Waals surface area contributed by atoms with Crippen molar-refractivity contribution < 1.29 is 14.7 Å². The van der Waals surface area contributed by atoms with Crippen LogP contribution >= 0.6 is 0 Å². The van der Waals surface area contributed by atoms with Crippen molar-refractivity contribution in [2.45, 2.75) is 58.5 Å². The molecule has 0 bridgehead atoms. The molecule has 0 rings (SSSR count). The Bertz CT molecular complexity index is 246. The fourth-order valence-electron chi connectivity index (χ4n) is 1.23. The van der Waals surface area contributed by atoms with E-state index in [1.54, 1.807) is 0 Å². The van der Waals surface area contributed by atoms with Gasteiger partial charge in [-0.3, -0.25) is 4.79 Å². The van der Waals surface area contributed by atoms with Crippen LogP contribution in [0.2, 0.25) is 0 Å². The molecule has 0 aromatic carbocycles. The number of hydrogen-bond donors (Lipinski definition) is 3. The van der Waals surface area contributed by atoms with Crippen LogP contribution in [-0.2, 0) is 4.79 Å². The van der Waals surface area contributed by atoms with Crippen LogP contribution in [0, 0.1) is 0 Å². The van der Waals surface area contributed by atoms with Gasteiger partial charge in [-0.15, -0.1) is 0 Å². The van der Waals surface area contributed by atoms with E-state index >= 15 is 0 Å². The zero-order valence-corrected chi connectivity index (χ0v) is 10.5. The maximum atomic E-state index is 11.4. The molecule has 0 aliphatic carbocycles. The molecule has 0 radical (unpaired) electrons. The number of aliphatic carboxylic acids is 1. The SMILES string of the molecule is CC(CCCC(=O)O)NC(=O)NC(C)(C)C. The predicted molar refractivity (Wildman–Crippen MR) is 62.4 cm³/mol. The first-order valence-electron chi connectivity index (χ1n) is 5.51. The van der Waals surface area contributed by atoms with Crippen molar-refractivity contribution in [2.75, 3.05) is 0 Å². The van der Waals surface area contributed by atoms with Crippen LogP contribution in [0.5, 0.6) is 0 Å². The van der Waals surface area contributed by atoms with Gasteiger partial charge in [0, 0.05) is 18.0 Å². The summed E-state index contributed by atoms with van der Waals surface area (Å²) in [7, 11) is 0. The lowest BCUT2D eigenvalue weighted by Gasteiger charge is -2.22. The summed E-state index contributed by atoms with van der Waals surface area (Å²) >= 11 is 0. The summed E-state index contributed by atoms with van der Waals surface area (Å²) in [6.45, 7) is 7.58. The number of urea groups is 1. The zero-order chi connectivity index (χ0) is 12.8. The molecule has 2 amide bonds. The van der Waals surface area contributed by atoms with Gasteiger partial charge in [-0.05, 0) is 40.5 Å². The number of amides is 2. The Morgan fingerprint density at radius 1 is 1.31 bits per heavy atom. The van der Waals surface area contributed by atoms with Crippen molar-refractivity contribution in [1.82, 2.24) is 10.6 Å². The summed E-state index contributed by atoms with van der Waals surface area (Å²) < 4.78 is 0. The maximum Gasteiger partial charge on any atom is 0.315 e. The molecule has 1 unspecified atom stereocenters. The van der Waals surface area contributed by atoms with Gasteiger partial charge in [0.05, 0.1) is 0 Å². The van der Waals surface area contributed by atoms with Crippen molar-refractivity contribution in [3.63, 3.8) is 0 Å². The number of carbonyl (C=O) groups excluding carboxylic acids is 1. The van der Waals surface area contributed by atoms with Crippen molar-refractivity contribution in [3.8, 4) is 0 Å². The van der Waals surface area contributed by atoms with Gasteiger partial charge < -0.3 is 15.7 Å². The van der Waals surface area contributed by atoms with Gasteiger partial charge in [0.2, 0.25) is 0 Å². The van der Waals surface area contributed by atoms with Crippen LogP contribution in [0.25, 0.3) is 0 Å². The third kappa shape index (κ3) is 9.30. The van der Waals surface area contributed by atoms with Crippen LogP contribution in [0.3, 0.4) is 0 Å². The van der Waals surface area contributed by atoms with Crippen molar-refractivity contribution in [1.29, 1.82) is 0 Å². The minimum Gasteiger partial charge on any atom is -0.481 e. The second kappa shape index (κ2) is 6.35. The fourth-order valence-corrected chi connectivity index (χ4v) is 1.23. The molecule has 0 aromatic rings. The molecule has 0 aliphatic rings. The Labute approximate surface area is 96.6 Å². The van der Waals surface area contributed by atoms with Gasteiger partial charge in [-0.1, -0.05) is 0 Å². The summed E-state index contributed by atoms with van der Waals surface area (Å²) in [6, 6.07) is -0.225. The summed E-state index contributed by atoms with van der Waals surface area (Å²) in [5, 5.41) is 14.0. The quantitative estimate of drug-likeness (QED) is 0.673. The van der Waals surface area contributed by atoms with E-state index in [1.165, 1.54) is 0 Å². The fraction of sp³-hybridized carbons (Fsp3) is 0.818. The molecular formula is C11H22N2O3. The average Bonchev–Trinajstić information content (AvgIpc) is 1.98. The van der Waals surface area contributed by atoms with E-state index in [0.29, 0.717) is 12.8 Å². The van der Waals surface area contributed by atoms with Gasteiger partial charge in [0.1, 0.15) is 0 Å². The number of carboxylic acids is 1. The van der Waals surface area contributed by atoms with Gasteiger partial charge in [0.15, 0.2) is 0 Å². The Morgan fingerprint density at radius 2 is 1.88 bits per heavy atom. The van der Waals surface area contributed by atoms with E-state index in [1.807, 2.05) is 27.7 Å². The first kappa shape index (κ1) is 14.7. The van der Waals surface area contributed by atoms with Gasteiger partial charge in [-0.25, -0.2) is 4.79 Å². The Morgan fingerprint density at radius 3 is 2.31 bits per heavy atom. The third-order valence-corrected chi connectivity index (χ3v) is 1.89. The molecule has 0 heterocycles. The lowest BCUT2D eigenvalue weighted by molar-refractivity contribution is -0.137. The monoisotopic (exact) mass is 230 g/mol. The van der Waals surface area contributed by atoms with E-state index in [-0.39, 0.29) is 24.0 Å². The molecular weight excluding hydrogens is 208 g/mol. The van der Waals surface area contributed by atoms with Crippen molar-refractivity contribution in [3.05, 3.63) is 0 Å². The van der Waals surface area contributed by atoms with E-state index in [0.717, 1.165) is 0 Å². The molecule has 1 atom stereocenters. The van der Waals surface area contributed by atoms with E-state index in [2.05, 4.69) is 10.6 Å². The Balaban J connectivity index is 3.74. The average molecular weight is 230 g/mol. The largest absolute Gasteiger partial charge is 0.481 e. The number of hydrogen-bond acceptors (Lipinski definition) is 2. The van der Waals surface area contributed by atoms with Crippen LogP contribution in [0.4, 0.5) is 4.79 Å². The Kier molecular flexibility index (Phi) is 5.85. The molecule has 0 fully saturated rings. The molecule has 0 saturated heterocycles. The number of carboxylic acid groups (broad SMARTS) is 1. The molecule has 3 N–H and O–H groups in total. The standard InChI is InChI=1S/C11H22N2O3/c1-8(6-5-7-9(14)15)12-10(16)13-11(2,3)4/h8H,5-7H2,1-4H3,(H,14,15)(H2,12,13,16). The van der Waals surface area contributed by atoms with E-state index < -0.39 is 5.97 Å². The highest BCUT2D eigenvalue weighted by atomic mass is 16.4. The minimum absolute atomic E-state index is 0.0123. The summed E-state index contributed by atoms with van der Waals surface area (Å²) in [4.78, 5) is 21.7. The minimum atomic E-state index is -0.800. The second-order valence-electron chi connectivity index (χ2n) is 5.04. The summed E-state index contributed by atoms with van der Waals surface area (Å²) in [5.41, 5.74) is -0.259. The lowest BCUT2D eigenvalue weighted by atomic mass is 10.1. The first-order valence-corrected chi connectivity index (χ1v) is 5.51. The van der Waals surface area contributed by atoms with Gasteiger partial charge >= 0.3 is 12.0 Å². The lowest BCUT2D eigenvalue weighted by Crippen LogP contribution is -2.48. The number of nitrogens with one attached hydrogen (secondary N) is 2. The highest BCUT2D eigenvalue weighted by Crippen LogP contribution is 2.02. The first-order chi connectivity index (χ1) is 7.20. The highest BCUT2D eigenvalue weighted by molar-refractivity contribution is 5.74. The van der Waals surface area contributed by atoms with E-state index in [4.69, 9.17) is 5.11 Å². The maximum absolute atomic E-state index is 11.4. The normalized spacial score (nSPS) is 13.0. The van der Waals surface area contributed by atoms with Crippen LogP contribution in [0.15, 0.2) is 0 Å². The highest BCUT2D eigenvalue weighted by Gasteiger charge is 2.15. The smallest absolute Gasteiger partial charge is 0.315 e. The van der Waals surface area contributed by atoms with E-state index in [9.17, 15) is 9.59 Å². The van der Waals surface area contributed by atoms with Crippen molar-refractivity contribution in [2.24, 2.45) is 0 Å². The number of carbonyl (C=O) groups is 2. The third-order valence-electron chi connectivity index (χ3n) is 1.89. The molecule has 5 heteroatoms. The topological polar surface area (TPSA) is 78.4 Å². The van der Waals surface area contributed by atoms with Gasteiger partial charge in [0.25, 0.3) is 0 Å². The molecule has 16 heavy (non-hydrogen) atoms. The molecule has 0 aliphatic heterocycles. The zero-order valence-electron chi connectivity index (χ0n) is 10.5.